The smallest absolute Gasteiger partial charge is 0.245 e. The number of thiazole rings is 1. The molecule has 0 aliphatic carbocycles. The van der Waals surface area contributed by atoms with Crippen molar-refractivity contribution in [2.45, 2.75) is 32.2 Å². The Bertz CT molecular complexity index is 390. The van der Waals surface area contributed by atoms with Gasteiger partial charge in [-0.25, -0.2) is 4.98 Å². The van der Waals surface area contributed by atoms with Crippen LogP contribution >= 0.6 is 23.7 Å². The number of carbonyl (C=O) groups is 1. The second-order valence-corrected chi connectivity index (χ2v) is 5.86. The zero-order valence-corrected chi connectivity index (χ0v) is 12.7. The van der Waals surface area contributed by atoms with E-state index in [4.69, 9.17) is 10.5 Å². The SMILES string of the molecule is COCC(N)C(=O)Nc1ncc(C(C)(C)C)s1.Cl. The molecule has 3 N–H and O–H groups in total. The maximum Gasteiger partial charge on any atom is 0.245 e. The molecule has 1 unspecified atom stereocenters. The molecule has 7 heteroatoms. The van der Waals surface area contributed by atoms with Gasteiger partial charge in [-0.1, -0.05) is 20.8 Å². The molecule has 104 valence electrons. The zero-order valence-electron chi connectivity index (χ0n) is 11.0. The number of methoxy groups -OCH3 is 1. The quantitative estimate of drug-likeness (QED) is 0.887. The van der Waals surface area contributed by atoms with Crippen molar-refractivity contribution < 1.29 is 9.53 Å². The van der Waals surface area contributed by atoms with Gasteiger partial charge in [0.1, 0.15) is 6.04 Å². The van der Waals surface area contributed by atoms with E-state index in [1.54, 1.807) is 6.20 Å². The first-order valence-corrected chi connectivity index (χ1v) is 6.18. The number of hydrogen-bond donors (Lipinski definition) is 2. The van der Waals surface area contributed by atoms with Crippen LogP contribution in [0.3, 0.4) is 0 Å². The van der Waals surface area contributed by atoms with Gasteiger partial charge in [0, 0.05) is 18.2 Å². The predicted octanol–water partition coefficient (Wildman–Crippen LogP) is 1.77. The Kier molecular flexibility index (Phi) is 6.77. The molecule has 0 spiro atoms. The maximum absolute atomic E-state index is 11.6. The Morgan fingerprint density at radius 1 is 1.61 bits per heavy atom. The summed E-state index contributed by atoms with van der Waals surface area (Å²) in [6.07, 6.45) is 1.78. The van der Waals surface area contributed by atoms with Crippen LogP contribution in [-0.4, -0.2) is 30.6 Å². The second-order valence-electron chi connectivity index (χ2n) is 4.83. The standard InChI is InChI=1S/C11H19N3O2S.ClH/c1-11(2,3)8-5-13-10(17-8)14-9(15)7(12)6-16-4;/h5,7H,6,12H2,1-4H3,(H,13,14,15);1H. The molecule has 0 saturated carbocycles. The molecule has 0 radical (unpaired) electrons. The van der Waals surface area contributed by atoms with Crippen LogP contribution in [0.2, 0.25) is 0 Å². The van der Waals surface area contributed by atoms with Crippen LogP contribution in [0.1, 0.15) is 25.6 Å². The van der Waals surface area contributed by atoms with Gasteiger partial charge in [-0.05, 0) is 5.41 Å². The van der Waals surface area contributed by atoms with Crippen molar-refractivity contribution in [3.05, 3.63) is 11.1 Å². The van der Waals surface area contributed by atoms with Gasteiger partial charge < -0.3 is 15.8 Å². The van der Waals surface area contributed by atoms with Crippen LogP contribution in [0.15, 0.2) is 6.20 Å². The largest absolute Gasteiger partial charge is 0.383 e. The van der Waals surface area contributed by atoms with Gasteiger partial charge in [0.15, 0.2) is 5.13 Å². The van der Waals surface area contributed by atoms with Gasteiger partial charge in [-0.2, -0.15) is 0 Å². The number of carbonyl (C=O) groups excluding carboxylic acids is 1. The fourth-order valence-electron chi connectivity index (χ4n) is 1.13. The van der Waals surface area contributed by atoms with Gasteiger partial charge in [-0.3, -0.25) is 4.79 Å². The summed E-state index contributed by atoms with van der Waals surface area (Å²) >= 11 is 1.46. The van der Waals surface area contributed by atoms with Crippen molar-refractivity contribution in [2.75, 3.05) is 19.0 Å². The number of halogens is 1. The summed E-state index contributed by atoms with van der Waals surface area (Å²) in [6, 6.07) is -0.665. The van der Waals surface area contributed by atoms with Crippen molar-refractivity contribution >= 4 is 34.8 Å². The van der Waals surface area contributed by atoms with Gasteiger partial charge in [0.25, 0.3) is 0 Å². The molecular weight excluding hydrogens is 274 g/mol. The Labute approximate surface area is 118 Å². The molecule has 1 atom stereocenters. The molecule has 1 amide bonds. The fourth-order valence-corrected chi connectivity index (χ4v) is 2.01. The molecule has 0 aromatic carbocycles. The number of rotatable bonds is 4. The number of nitrogens with one attached hydrogen (secondary N) is 1. The lowest BCUT2D eigenvalue weighted by molar-refractivity contribution is -0.118. The molecule has 1 aromatic rings. The topological polar surface area (TPSA) is 77.2 Å². The molecule has 0 aliphatic heterocycles. The minimum atomic E-state index is -0.665. The van der Waals surface area contributed by atoms with Crippen LogP contribution in [0.5, 0.6) is 0 Å². The first-order valence-electron chi connectivity index (χ1n) is 5.36. The third-order valence-corrected chi connectivity index (χ3v) is 3.50. The summed E-state index contributed by atoms with van der Waals surface area (Å²) in [4.78, 5) is 16.9. The highest BCUT2D eigenvalue weighted by Gasteiger charge is 2.19. The van der Waals surface area contributed by atoms with E-state index in [1.165, 1.54) is 18.4 Å². The molecule has 5 nitrogen and oxygen atoms in total. The fraction of sp³-hybridized carbons (Fsp3) is 0.636. The first-order chi connectivity index (χ1) is 7.84. The number of nitrogens with two attached hydrogens (primary N) is 1. The van der Waals surface area contributed by atoms with Crippen molar-refractivity contribution in [2.24, 2.45) is 5.73 Å². The highest BCUT2D eigenvalue weighted by atomic mass is 35.5. The Hall–Kier alpha value is -0.690. The molecule has 1 aromatic heterocycles. The van der Waals surface area contributed by atoms with Crippen LogP contribution in [0.4, 0.5) is 5.13 Å². The van der Waals surface area contributed by atoms with E-state index in [0.29, 0.717) is 5.13 Å². The number of nitrogens with zero attached hydrogens (tertiary/aromatic N) is 1. The molecule has 0 fully saturated rings. The molecule has 0 saturated heterocycles. The van der Waals surface area contributed by atoms with Crippen molar-refractivity contribution in [1.29, 1.82) is 0 Å². The monoisotopic (exact) mass is 293 g/mol. The van der Waals surface area contributed by atoms with Crippen LogP contribution < -0.4 is 11.1 Å². The zero-order chi connectivity index (χ0) is 13.1. The Morgan fingerprint density at radius 3 is 2.67 bits per heavy atom. The number of hydrogen-bond acceptors (Lipinski definition) is 5. The van der Waals surface area contributed by atoms with Crippen molar-refractivity contribution in [3.63, 3.8) is 0 Å². The molecule has 18 heavy (non-hydrogen) atoms. The molecule has 0 aliphatic rings. The van der Waals surface area contributed by atoms with Crippen LogP contribution in [-0.2, 0) is 14.9 Å². The summed E-state index contributed by atoms with van der Waals surface area (Å²) in [5.74, 6) is -0.276. The molecule has 0 bridgehead atoms. The highest BCUT2D eigenvalue weighted by Crippen LogP contribution is 2.29. The second kappa shape index (κ2) is 7.04. The average molecular weight is 294 g/mol. The van der Waals surface area contributed by atoms with Crippen molar-refractivity contribution in [1.82, 2.24) is 4.98 Å². The van der Waals surface area contributed by atoms with Crippen LogP contribution in [0, 0.1) is 0 Å². The third kappa shape index (κ3) is 4.89. The first kappa shape index (κ1) is 17.3. The Morgan fingerprint density at radius 2 is 2.22 bits per heavy atom. The van der Waals surface area contributed by atoms with E-state index in [2.05, 4.69) is 31.1 Å². The summed E-state index contributed by atoms with van der Waals surface area (Å²) < 4.78 is 4.82. The summed E-state index contributed by atoms with van der Waals surface area (Å²) in [6.45, 7) is 6.50. The lowest BCUT2D eigenvalue weighted by Crippen LogP contribution is -2.39. The van der Waals surface area contributed by atoms with E-state index in [0.717, 1.165) is 4.88 Å². The minimum absolute atomic E-state index is 0. The summed E-state index contributed by atoms with van der Waals surface area (Å²) in [5, 5.41) is 3.26. The molecular formula is C11H20ClN3O2S. The van der Waals surface area contributed by atoms with Gasteiger partial charge in [0.2, 0.25) is 5.91 Å². The van der Waals surface area contributed by atoms with Gasteiger partial charge >= 0.3 is 0 Å². The van der Waals surface area contributed by atoms with E-state index in [1.807, 2.05) is 0 Å². The molecule has 1 heterocycles. The van der Waals surface area contributed by atoms with Crippen LogP contribution in [0.25, 0.3) is 0 Å². The number of aromatic nitrogens is 1. The normalized spacial score (nSPS) is 12.7. The van der Waals surface area contributed by atoms with E-state index in [-0.39, 0.29) is 30.3 Å². The number of anilines is 1. The minimum Gasteiger partial charge on any atom is -0.383 e. The maximum atomic E-state index is 11.6. The Balaban J connectivity index is 0.00000289. The molecule has 1 rings (SSSR count). The van der Waals surface area contributed by atoms with Gasteiger partial charge in [0.05, 0.1) is 6.61 Å². The average Bonchev–Trinajstić information content (AvgIpc) is 2.66. The van der Waals surface area contributed by atoms with E-state index < -0.39 is 6.04 Å². The summed E-state index contributed by atoms with van der Waals surface area (Å²) in [5.41, 5.74) is 5.64. The van der Waals surface area contributed by atoms with Gasteiger partial charge in [-0.15, -0.1) is 23.7 Å². The number of amides is 1. The lowest BCUT2D eigenvalue weighted by Gasteiger charge is -2.14. The highest BCUT2D eigenvalue weighted by molar-refractivity contribution is 7.15. The summed E-state index contributed by atoms with van der Waals surface area (Å²) in [7, 11) is 1.51. The lowest BCUT2D eigenvalue weighted by atomic mass is 9.96. The predicted molar refractivity (Wildman–Crippen MR) is 76.5 cm³/mol. The van der Waals surface area contributed by atoms with Crippen molar-refractivity contribution in [3.8, 4) is 0 Å². The third-order valence-electron chi connectivity index (χ3n) is 2.16. The number of ether oxygens (including phenoxy) is 1. The van der Waals surface area contributed by atoms with E-state index in [9.17, 15) is 4.79 Å². The van der Waals surface area contributed by atoms with E-state index >= 15 is 0 Å².